The summed E-state index contributed by atoms with van der Waals surface area (Å²) in [7, 11) is -7.61. The second-order valence-corrected chi connectivity index (χ2v) is 10.5. The standard InChI is InChI=1S/C18H14FS.C4HF9O3S/c19-15-11-13-18(14-12-15)20(16-7-3-1-4-8-16)17-9-5-2-6-10-17;5-1(6,3(9,10)11)2(7,8)4(12,13)17(14,15)16/h1-14H;(H,14,15,16)/q+1;/p-1. The molecule has 0 aliphatic carbocycles. The topological polar surface area (TPSA) is 57.2 Å². The van der Waals surface area contributed by atoms with Gasteiger partial charge >= 0.3 is 23.3 Å². The lowest BCUT2D eigenvalue weighted by Crippen LogP contribution is -2.63. The predicted molar refractivity (Wildman–Crippen MR) is 112 cm³/mol. The lowest BCUT2D eigenvalue weighted by molar-refractivity contribution is -0.382. The van der Waals surface area contributed by atoms with E-state index >= 15 is 0 Å². The number of hydrogen-bond acceptors (Lipinski definition) is 3. The van der Waals surface area contributed by atoms with Gasteiger partial charge in [0, 0.05) is 0 Å². The van der Waals surface area contributed by atoms with Crippen LogP contribution in [0.4, 0.5) is 43.9 Å². The Morgan fingerprint density at radius 2 is 0.919 bits per heavy atom. The van der Waals surface area contributed by atoms with E-state index in [1.807, 2.05) is 48.5 Å². The minimum atomic E-state index is -7.43. The molecule has 0 saturated carbocycles. The molecule has 15 heteroatoms. The summed E-state index contributed by atoms with van der Waals surface area (Å²) >= 11 is 0. The van der Waals surface area contributed by atoms with Crippen LogP contribution >= 0.6 is 0 Å². The molecule has 3 rings (SSSR count). The predicted octanol–water partition coefficient (Wildman–Crippen LogP) is 6.88. The van der Waals surface area contributed by atoms with Gasteiger partial charge in [-0.1, -0.05) is 36.4 Å². The van der Waals surface area contributed by atoms with Crippen molar-refractivity contribution in [2.24, 2.45) is 0 Å². The van der Waals surface area contributed by atoms with Gasteiger partial charge in [-0.3, -0.25) is 0 Å². The Morgan fingerprint density at radius 1 is 0.568 bits per heavy atom. The van der Waals surface area contributed by atoms with Crippen LogP contribution in [-0.4, -0.2) is 36.2 Å². The van der Waals surface area contributed by atoms with E-state index in [1.165, 1.54) is 21.9 Å². The van der Waals surface area contributed by atoms with Crippen LogP contribution in [0.3, 0.4) is 0 Å². The second-order valence-electron chi connectivity index (χ2n) is 7.00. The van der Waals surface area contributed by atoms with Crippen molar-refractivity contribution in [3.8, 4) is 0 Å². The molecule has 37 heavy (non-hydrogen) atoms. The molecule has 0 amide bonds. The maximum atomic E-state index is 13.2. The monoisotopic (exact) mass is 580 g/mol. The van der Waals surface area contributed by atoms with Crippen LogP contribution in [0.2, 0.25) is 0 Å². The highest BCUT2D eigenvalue weighted by atomic mass is 32.2. The first-order valence-electron chi connectivity index (χ1n) is 9.60. The van der Waals surface area contributed by atoms with E-state index in [4.69, 9.17) is 0 Å². The second kappa shape index (κ2) is 10.9. The maximum Gasteiger partial charge on any atom is 0.460 e. The molecule has 0 aliphatic rings. The van der Waals surface area contributed by atoms with E-state index in [2.05, 4.69) is 24.3 Å². The molecule has 0 N–H and O–H groups in total. The van der Waals surface area contributed by atoms with Crippen LogP contribution in [0.25, 0.3) is 0 Å². The van der Waals surface area contributed by atoms with E-state index in [1.54, 1.807) is 0 Å². The van der Waals surface area contributed by atoms with Crippen molar-refractivity contribution >= 4 is 21.0 Å². The van der Waals surface area contributed by atoms with Gasteiger partial charge < -0.3 is 4.55 Å². The van der Waals surface area contributed by atoms with E-state index in [9.17, 15) is 56.9 Å². The van der Waals surface area contributed by atoms with Crippen LogP contribution < -0.4 is 0 Å². The molecule has 0 bridgehead atoms. The van der Waals surface area contributed by atoms with Gasteiger partial charge in [-0.25, -0.2) is 12.8 Å². The van der Waals surface area contributed by atoms with Gasteiger partial charge in [0.2, 0.25) is 0 Å². The molecule has 0 unspecified atom stereocenters. The quantitative estimate of drug-likeness (QED) is 0.182. The molecule has 0 spiro atoms. The van der Waals surface area contributed by atoms with E-state index in [0.29, 0.717) is 0 Å². The summed E-state index contributed by atoms with van der Waals surface area (Å²) in [5.41, 5.74) is 0. The summed E-state index contributed by atoms with van der Waals surface area (Å²) in [6.45, 7) is 0. The largest absolute Gasteiger partial charge is 0.743 e. The van der Waals surface area contributed by atoms with Crippen molar-refractivity contribution in [2.75, 3.05) is 0 Å². The Morgan fingerprint density at radius 3 is 1.24 bits per heavy atom. The molecule has 0 aliphatic heterocycles. The average Bonchev–Trinajstić information content (AvgIpc) is 2.81. The SMILES string of the molecule is Fc1ccc([S+](c2ccccc2)c2ccccc2)cc1.O=S(=O)([O-])C(F)(F)C(F)(F)C(F)(F)C(F)(F)F. The first-order valence-corrected chi connectivity index (χ1v) is 12.2. The number of rotatable bonds is 6. The van der Waals surface area contributed by atoms with Crippen LogP contribution in [0.15, 0.2) is 99.6 Å². The minimum absolute atomic E-state index is 0.190. The zero-order valence-electron chi connectivity index (χ0n) is 17.9. The lowest BCUT2D eigenvalue weighted by Gasteiger charge is -2.34. The first-order chi connectivity index (χ1) is 16.8. The summed E-state index contributed by atoms with van der Waals surface area (Å²) in [5, 5.41) is -7.11. The summed E-state index contributed by atoms with van der Waals surface area (Å²) in [5.74, 6) is -15.0. The van der Waals surface area contributed by atoms with Gasteiger partial charge in [0.25, 0.3) is 0 Å². The molecule has 0 heterocycles. The van der Waals surface area contributed by atoms with E-state index in [-0.39, 0.29) is 16.7 Å². The molecule has 3 aromatic carbocycles. The van der Waals surface area contributed by atoms with E-state index in [0.717, 1.165) is 4.90 Å². The van der Waals surface area contributed by atoms with Crippen molar-refractivity contribution in [3.05, 3.63) is 90.7 Å². The normalized spacial score (nSPS) is 13.2. The number of halogens is 10. The highest BCUT2D eigenvalue weighted by Gasteiger charge is 2.83. The zero-order chi connectivity index (χ0) is 28.3. The molecular formula is C22H14F10O3S2. The number of alkyl halides is 9. The van der Waals surface area contributed by atoms with Crippen molar-refractivity contribution in [2.45, 2.75) is 38.0 Å². The molecule has 3 aromatic rings. The fraction of sp³-hybridized carbons (Fsp3) is 0.182. The third kappa shape index (κ3) is 6.38. The number of benzene rings is 3. The van der Waals surface area contributed by atoms with Crippen LogP contribution in [0.1, 0.15) is 0 Å². The summed E-state index contributed by atoms with van der Waals surface area (Å²) in [4.78, 5) is 3.61. The summed E-state index contributed by atoms with van der Waals surface area (Å²) < 4.78 is 149. The average molecular weight is 580 g/mol. The molecule has 0 atom stereocenters. The van der Waals surface area contributed by atoms with Gasteiger partial charge in [-0.15, -0.1) is 0 Å². The third-order valence-corrected chi connectivity index (χ3v) is 7.55. The fourth-order valence-electron chi connectivity index (χ4n) is 2.61. The Bertz CT molecular complexity index is 1230. The van der Waals surface area contributed by atoms with Gasteiger partial charge in [0.05, 0.1) is 10.9 Å². The molecule has 0 saturated heterocycles. The smallest absolute Gasteiger partial charge is 0.460 e. The van der Waals surface area contributed by atoms with E-state index < -0.39 is 33.4 Å². The molecule has 0 fully saturated rings. The zero-order valence-corrected chi connectivity index (χ0v) is 19.5. The first kappa shape index (κ1) is 30.4. The molecule has 0 radical (unpaired) electrons. The van der Waals surface area contributed by atoms with Crippen LogP contribution in [0.5, 0.6) is 0 Å². The third-order valence-electron chi connectivity index (χ3n) is 4.44. The molecule has 202 valence electrons. The van der Waals surface area contributed by atoms with Crippen LogP contribution in [-0.2, 0) is 21.0 Å². The van der Waals surface area contributed by atoms with Gasteiger partial charge in [0.15, 0.2) is 24.8 Å². The summed E-state index contributed by atoms with van der Waals surface area (Å²) in [6.07, 6.45) is -7.16. The highest BCUT2D eigenvalue weighted by Crippen LogP contribution is 2.54. The van der Waals surface area contributed by atoms with Crippen LogP contribution in [0, 0.1) is 5.82 Å². The minimum Gasteiger partial charge on any atom is -0.743 e. The highest BCUT2D eigenvalue weighted by molar-refractivity contribution is 7.97. The molecule has 0 aromatic heterocycles. The van der Waals surface area contributed by atoms with Crippen molar-refractivity contribution in [1.29, 1.82) is 0 Å². The van der Waals surface area contributed by atoms with Gasteiger partial charge in [-0.2, -0.15) is 39.5 Å². The Kier molecular flexibility index (Phi) is 8.98. The van der Waals surface area contributed by atoms with Crippen molar-refractivity contribution in [1.82, 2.24) is 0 Å². The van der Waals surface area contributed by atoms with Crippen molar-refractivity contribution in [3.63, 3.8) is 0 Å². The Hall–Kier alpha value is -2.78. The molecular weight excluding hydrogens is 566 g/mol. The number of hydrogen-bond donors (Lipinski definition) is 0. The molecule has 3 nitrogen and oxygen atoms in total. The van der Waals surface area contributed by atoms with Gasteiger partial charge in [0.1, 0.15) is 5.82 Å². The maximum absolute atomic E-state index is 13.2. The Balaban J connectivity index is 0.000000265. The van der Waals surface area contributed by atoms with Gasteiger partial charge in [-0.05, 0) is 48.5 Å². The Labute approximate surface area is 206 Å². The summed E-state index contributed by atoms with van der Waals surface area (Å²) in [6, 6.07) is 27.5. The lowest BCUT2D eigenvalue weighted by atomic mass is 10.1. The van der Waals surface area contributed by atoms with Crippen molar-refractivity contribution < 1.29 is 56.9 Å². The fourth-order valence-corrected chi connectivity index (χ4v) is 5.14.